The number of aliphatic hydroxyl groups is 1. The standard InChI is InChI=1S/C16H17FO2/c1-11-6-7-13(17)10-15(11)16(18)9-12-4-3-5-14(8-12)19-2/h3-8,10,16,18H,9H2,1-2H3. The lowest BCUT2D eigenvalue weighted by molar-refractivity contribution is 0.177. The molecule has 0 aromatic heterocycles. The second kappa shape index (κ2) is 5.85. The van der Waals surface area contributed by atoms with Gasteiger partial charge in [0.2, 0.25) is 0 Å². The molecule has 0 spiro atoms. The molecule has 1 atom stereocenters. The molecule has 2 aromatic carbocycles. The summed E-state index contributed by atoms with van der Waals surface area (Å²) >= 11 is 0. The van der Waals surface area contributed by atoms with Crippen LogP contribution in [-0.4, -0.2) is 12.2 Å². The number of benzene rings is 2. The van der Waals surface area contributed by atoms with Gasteiger partial charge in [0.1, 0.15) is 11.6 Å². The predicted molar refractivity (Wildman–Crippen MR) is 72.8 cm³/mol. The Hall–Kier alpha value is -1.87. The summed E-state index contributed by atoms with van der Waals surface area (Å²) in [7, 11) is 1.60. The minimum Gasteiger partial charge on any atom is -0.497 e. The van der Waals surface area contributed by atoms with Gasteiger partial charge in [0, 0.05) is 6.42 Å². The first-order chi connectivity index (χ1) is 9.10. The van der Waals surface area contributed by atoms with Gasteiger partial charge in [-0.15, -0.1) is 0 Å². The molecule has 0 fully saturated rings. The maximum absolute atomic E-state index is 13.2. The summed E-state index contributed by atoms with van der Waals surface area (Å²) in [4.78, 5) is 0. The fourth-order valence-corrected chi connectivity index (χ4v) is 2.10. The quantitative estimate of drug-likeness (QED) is 0.912. The lowest BCUT2D eigenvalue weighted by Gasteiger charge is -2.14. The first-order valence-electron chi connectivity index (χ1n) is 6.17. The molecule has 0 bridgehead atoms. The maximum Gasteiger partial charge on any atom is 0.123 e. The molecule has 1 N–H and O–H groups in total. The predicted octanol–water partition coefficient (Wildman–Crippen LogP) is 3.42. The van der Waals surface area contributed by atoms with Crippen LogP contribution >= 0.6 is 0 Å². The molecule has 2 rings (SSSR count). The van der Waals surface area contributed by atoms with Gasteiger partial charge in [0.15, 0.2) is 0 Å². The van der Waals surface area contributed by atoms with Crippen molar-refractivity contribution in [2.45, 2.75) is 19.4 Å². The molecule has 2 aromatic rings. The molecule has 2 nitrogen and oxygen atoms in total. The third-order valence-corrected chi connectivity index (χ3v) is 3.16. The van der Waals surface area contributed by atoms with Crippen molar-refractivity contribution < 1.29 is 14.2 Å². The Morgan fingerprint density at radius 1 is 1.21 bits per heavy atom. The zero-order valence-corrected chi connectivity index (χ0v) is 11.1. The molecule has 100 valence electrons. The van der Waals surface area contributed by atoms with Crippen LogP contribution in [0.25, 0.3) is 0 Å². The highest BCUT2D eigenvalue weighted by atomic mass is 19.1. The molecular formula is C16H17FO2. The molecule has 0 aliphatic heterocycles. The van der Waals surface area contributed by atoms with E-state index >= 15 is 0 Å². The van der Waals surface area contributed by atoms with E-state index in [0.717, 1.165) is 16.9 Å². The Kier molecular flexibility index (Phi) is 4.17. The summed E-state index contributed by atoms with van der Waals surface area (Å²) in [5, 5.41) is 10.2. The number of ether oxygens (including phenoxy) is 1. The average molecular weight is 260 g/mol. The molecule has 0 amide bonds. The van der Waals surface area contributed by atoms with Crippen LogP contribution in [0.4, 0.5) is 4.39 Å². The number of methoxy groups -OCH3 is 1. The van der Waals surface area contributed by atoms with E-state index in [4.69, 9.17) is 4.74 Å². The summed E-state index contributed by atoms with van der Waals surface area (Å²) < 4.78 is 18.4. The lowest BCUT2D eigenvalue weighted by Crippen LogP contribution is -2.04. The van der Waals surface area contributed by atoms with Crippen LogP contribution in [0.15, 0.2) is 42.5 Å². The Morgan fingerprint density at radius 2 is 2.00 bits per heavy atom. The van der Waals surface area contributed by atoms with Crippen molar-refractivity contribution >= 4 is 0 Å². The van der Waals surface area contributed by atoms with Gasteiger partial charge in [-0.1, -0.05) is 18.2 Å². The number of hydrogen-bond donors (Lipinski definition) is 1. The summed E-state index contributed by atoms with van der Waals surface area (Å²) in [5.41, 5.74) is 2.47. The van der Waals surface area contributed by atoms with Crippen LogP contribution in [0.3, 0.4) is 0 Å². The van der Waals surface area contributed by atoms with Crippen LogP contribution in [0.5, 0.6) is 5.75 Å². The highest BCUT2D eigenvalue weighted by molar-refractivity contribution is 5.32. The van der Waals surface area contributed by atoms with Gasteiger partial charge >= 0.3 is 0 Å². The smallest absolute Gasteiger partial charge is 0.123 e. The zero-order chi connectivity index (χ0) is 13.8. The fraction of sp³-hybridized carbons (Fsp3) is 0.250. The molecule has 0 aliphatic carbocycles. The van der Waals surface area contributed by atoms with E-state index in [2.05, 4.69) is 0 Å². The Balaban J connectivity index is 2.20. The molecular weight excluding hydrogens is 243 g/mol. The van der Waals surface area contributed by atoms with Crippen molar-refractivity contribution in [1.82, 2.24) is 0 Å². The van der Waals surface area contributed by atoms with Crippen molar-refractivity contribution in [1.29, 1.82) is 0 Å². The van der Waals surface area contributed by atoms with E-state index < -0.39 is 6.10 Å². The molecule has 3 heteroatoms. The summed E-state index contributed by atoms with van der Waals surface area (Å²) in [6.45, 7) is 1.86. The minimum absolute atomic E-state index is 0.328. The number of rotatable bonds is 4. The van der Waals surface area contributed by atoms with Crippen LogP contribution in [0.2, 0.25) is 0 Å². The summed E-state index contributed by atoms with van der Waals surface area (Å²) in [6.07, 6.45) is -0.288. The van der Waals surface area contributed by atoms with Crippen molar-refractivity contribution in [2.75, 3.05) is 7.11 Å². The van der Waals surface area contributed by atoms with E-state index in [1.54, 1.807) is 13.2 Å². The van der Waals surface area contributed by atoms with Crippen LogP contribution in [0, 0.1) is 12.7 Å². The molecule has 0 aliphatic rings. The fourth-order valence-electron chi connectivity index (χ4n) is 2.10. The number of aliphatic hydroxyl groups excluding tert-OH is 1. The molecule has 0 heterocycles. The van der Waals surface area contributed by atoms with E-state index in [1.807, 2.05) is 31.2 Å². The first kappa shape index (κ1) is 13.6. The van der Waals surface area contributed by atoms with Gasteiger partial charge < -0.3 is 9.84 Å². The normalized spacial score (nSPS) is 12.2. The maximum atomic E-state index is 13.2. The summed E-state index contributed by atoms with van der Waals surface area (Å²) in [6, 6.07) is 12.0. The third kappa shape index (κ3) is 3.32. The third-order valence-electron chi connectivity index (χ3n) is 3.16. The number of halogens is 1. The van der Waals surface area contributed by atoms with Crippen molar-refractivity contribution in [2.24, 2.45) is 0 Å². The molecule has 0 radical (unpaired) electrons. The van der Waals surface area contributed by atoms with Crippen LogP contribution in [0.1, 0.15) is 22.8 Å². The SMILES string of the molecule is COc1cccc(CC(O)c2cc(F)ccc2C)c1. The average Bonchev–Trinajstić information content (AvgIpc) is 2.41. The molecule has 0 saturated heterocycles. The Morgan fingerprint density at radius 3 is 2.74 bits per heavy atom. The Bertz CT molecular complexity index is 566. The van der Waals surface area contributed by atoms with E-state index in [9.17, 15) is 9.50 Å². The van der Waals surface area contributed by atoms with E-state index in [1.165, 1.54) is 12.1 Å². The first-order valence-corrected chi connectivity index (χ1v) is 6.17. The monoisotopic (exact) mass is 260 g/mol. The number of aryl methyl sites for hydroxylation is 1. The van der Waals surface area contributed by atoms with Crippen LogP contribution in [-0.2, 0) is 6.42 Å². The van der Waals surface area contributed by atoms with Crippen molar-refractivity contribution in [3.05, 3.63) is 65.0 Å². The van der Waals surface area contributed by atoms with Gasteiger partial charge in [-0.25, -0.2) is 4.39 Å². The highest BCUT2D eigenvalue weighted by Crippen LogP contribution is 2.24. The highest BCUT2D eigenvalue weighted by Gasteiger charge is 2.12. The molecule has 1 unspecified atom stereocenters. The second-order valence-corrected chi connectivity index (χ2v) is 4.57. The van der Waals surface area contributed by atoms with E-state index in [-0.39, 0.29) is 5.82 Å². The van der Waals surface area contributed by atoms with Crippen molar-refractivity contribution in [3.63, 3.8) is 0 Å². The van der Waals surface area contributed by atoms with Gasteiger partial charge in [-0.2, -0.15) is 0 Å². The van der Waals surface area contributed by atoms with E-state index in [0.29, 0.717) is 12.0 Å². The number of hydrogen-bond acceptors (Lipinski definition) is 2. The van der Waals surface area contributed by atoms with Crippen molar-refractivity contribution in [3.8, 4) is 5.75 Å². The lowest BCUT2D eigenvalue weighted by atomic mass is 9.97. The van der Waals surface area contributed by atoms with Gasteiger partial charge in [0.05, 0.1) is 13.2 Å². The van der Waals surface area contributed by atoms with Gasteiger partial charge in [-0.05, 0) is 47.9 Å². The van der Waals surface area contributed by atoms with Gasteiger partial charge in [-0.3, -0.25) is 0 Å². The second-order valence-electron chi connectivity index (χ2n) is 4.57. The van der Waals surface area contributed by atoms with Gasteiger partial charge in [0.25, 0.3) is 0 Å². The molecule has 0 saturated carbocycles. The largest absolute Gasteiger partial charge is 0.497 e. The van der Waals surface area contributed by atoms with Crippen LogP contribution < -0.4 is 4.74 Å². The summed E-state index contributed by atoms with van der Waals surface area (Å²) in [5.74, 6) is 0.422. The zero-order valence-electron chi connectivity index (χ0n) is 11.1. The topological polar surface area (TPSA) is 29.5 Å². The minimum atomic E-state index is -0.720. The molecule has 19 heavy (non-hydrogen) atoms. The Labute approximate surface area is 112 Å².